The average Bonchev–Trinajstić information content (AvgIpc) is 2.64. The van der Waals surface area contributed by atoms with Crippen LogP contribution in [0.25, 0.3) is 0 Å². The second-order valence-electron chi connectivity index (χ2n) is 4.51. The smallest absolute Gasteiger partial charge is 0.240 e. The first-order valence-electron chi connectivity index (χ1n) is 5.96. The lowest BCUT2D eigenvalue weighted by atomic mass is 10.1. The van der Waals surface area contributed by atoms with Gasteiger partial charge in [-0.05, 0) is 29.9 Å². The van der Waals surface area contributed by atoms with Crippen LogP contribution in [0, 0.1) is 0 Å². The van der Waals surface area contributed by atoms with Crippen molar-refractivity contribution in [3.63, 3.8) is 0 Å². The lowest BCUT2D eigenvalue weighted by molar-refractivity contribution is -0.135. The van der Waals surface area contributed by atoms with Crippen molar-refractivity contribution in [1.29, 1.82) is 0 Å². The minimum atomic E-state index is -0.817. The van der Waals surface area contributed by atoms with Gasteiger partial charge in [0.2, 0.25) is 11.8 Å². The second-order valence-corrected chi connectivity index (χ2v) is 5.51. The van der Waals surface area contributed by atoms with Gasteiger partial charge in [0.05, 0.1) is 12.5 Å². The van der Waals surface area contributed by atoms with Gasteiger partial charge in [-0.15, -0.1) is 11.3 Å². The van der Waals surface area contributed by atoms with Gasteiger partial charge in [-0.2, -0.15) is 0 Å². The molecule has 5 nitrogen and oxygen atoms in total. The maximum atomic E-state index is 12.1. The largest absolute Gasteiger partial charge is 0.370 e. The van der Waals surface area contributed by atoms with Gasteiger partial charge in [-0.1, -0.05) is 0 Å². The third-order valence-corrected chi connectivity index (χ3v) is 4.10. The van der Waals surface area contributed by atoms with E-state index in [9.17, 15) is 9.59 Å². The lowest BCUT2D eigenvalue weighted by Crippen LogP contribution is -2.45. The summed E-state index contributed by atoms with van der Waals surface area (Å²) in [6.07, 6.45) is 1.84. The number of nitrogens with two attached hydrogens (primary N) is 2. The summed E-state index contributed by atoms with van der Waals surface area (Å²) in [4.78, 5) is 26.0. The molecule has 0 aliphatic carbocycles. The van der Waals surface area contributed by atoms with Gasteiger partial charge < -0.3 is 16.4 Å². The van der Waals surface area contributed by atoms with Gasteiger partial charge >= 0.3 is 0 Å². The van der Waals surface area contributed by atoms with E-state index >= 15 is 0 Å². The zero-order valence-corrected chi connectivity index (χ0v) is 10.9. The summed E-state index contributed by atoms with van der Waals surface area (Å²) in [7, 11) is 0. The molecule has 98 valence electrons. The molecular formula is C12H17N3O2S. The maximum absolute atomic E-state index is 12.1. The number of carbonyl (C=O) groups excluding carboxylic acids is 2. The number of nitrogens with zero attached hydrogens (tertiary/aromatic N) is 1. The molecule has 2 rings (SSSR count). The van der Waals surface area contributed by atoms with E-state index in [1.807, 2.05) is 11.4 Å². The molecule has 2 amide bonds. The first-order chi connectivity index (χ1) is 8.58. The van der Waals surface area contributed by atoms with E-state index < -0.39 is 11.9 Å². The highest BCUT2D eigenvalue weighted by Crippen LogP contribution is 2.24. The molecule has 0 bridgehead atoms. The van der Waals surface area contributed by atoms with Crippen LogP contribution in [-0.2, 0) is 22.6 Å². The first-order valence-corrected chi connectivity index (χ1v) is 6.84. The third kappa shape index (κ3) is 2.88. The van der Waals surface area contributed by atoms with Crippen LogP contribution in [0.3, 0.4) is 0 Å². The van der Waals surface area contributed by atoms with Crippen molar-refractivity contribution >= 4 is 23.2 Å². The maximum Gasteiger partial charge on any atom is 0.240 e. The molecule has 0 saturated heterocycles. The molecule has 1 atom stereocenters. The number of thiophene rings is 1. The summed E-state index contributed by atoms with van der Waals surface area (Å²) in [6.45, 7) is 1.27. The van der Waals surface area contributed by atoms with E-state index in [0.717, 1.165) is 12.8 Å². The van der Waals surface area contributed by atoms with Gasteiger partial charge in [0.25, 0.3) is 0 Å². The summed E-state index contributed by atoms with van der Waals surface area (Å²) >= 11 is 1.73. The van der Waals surface area contributed by atoms with Crippen molar-refractivity contribution in [2.45, 2.75) is 31.8 Å². The van der Waals surface area contributed by atoms with Gasteiger partial charge in [-0.25, -0.2) is 0 Å². The van der Waals surface area contributed by atoms with Gasteiger partial charge in [0, 0.05) is 18.0 Å². The lowest BCUT2D eigenvalue weighted by Gasteiger charge is -2.23. The van der Waals surface area contributed by atoms with Crippen molar-refractivity contribution in [2.24, 2.45) is 11.5 Å². The zero-order valence-electron chi connectivity index (χ0n) is 10.1. The molecule has 0 aromatic carbocycles. The molecule has 6 heteroatoms. The number of hydrogen-bond donors (Lipinski definition) is 2. The Bertz CT molecular complexity index is 458. The zero-order chi connectivity index (χ0) is 13.1. The summed E-state index contributed by atoms with van der Waals surface area (Å²) in [5, 5.41) is 2.04. The van der Waals surface area contributed by atoms with Crippen molar-refractivity contribution in [2.75, 3.05) is 6.54 Å². The average molecular weight is 267 g/mol. The van der Waals surface area contributed by atoms with Gasteiger partial charge in [-0.3, -0.25) is 9.59 Å². The highest BCUT2D eigenvalue weighted by molar-refractivity contribution is 7.10. The van der Waals surface area contributed by atoms with Crippen molar-refractivity contribution in [3.8, 4) is 0 Å². The van der Waals surface area contributed by atoms with Crippen LogP contribution < -0.4 is 11.5 Å². The Balaban J connectivity index is 2.05. The SMILES string of the molecule is NC(=O)CC(N)C(=O)N1CCCc2sccc2C1. The first kappa shape index (κ1) is 13.0. The quantitative estimate of drug-likeness (QED) is 0.821. The summed E-state index contributed by atoms with van der Waals surface area (Å²) < 4.78 is 0. The van der Waals surface area contributed by atoms with Gasteiger partial charge in [0.15, 0.2) is 0 Å². The number of rotatable bonds is 3. The van der Waals surface area contributed by atoms with Crippen LogP contribution in [-0.4, -0.2) is 29.3 Å². The standard InChI is InChI=1S/C12H17N3O2S/c13-9(6-11(14)16)12(17)15-4-1-2-10-8(7-15)3-5-18-10/h3,5,9H,1-2,4,6-7,13H2,(H2,14,16). The molecule has 0 radical (unpaired) electrons. The Kier molecular flexibility index (Phi) is 3.98. The Morgan fingerprint density at radius 3 is 3.00 bits per heavy atom. The van der Waals surface area contributed by atoms with Gasteiger partial charge in [0.1, 0.15) is 0 Å². The van der Waals surface area contributed by atoms with Crippen LogP contribution in [0.5, 0.6) is 0 Å². The molecule has 1 aliphatic heterocycles. The Labute approximate surface area is 110 Å². The van der Waals surface area contributed by atoms with Crippen molar-refractivity contribution < 1.29 is 9.59 Å². The molecule has 4 N–H and O–H groups in total. The number of carbonyl (C=O) groups is 2. The number of amides is 2. The second kappa shape index (κ2) is 5.49. The Morgan fingerprint density at radius 1 is 1.50 bits per heavy atom. The summed E-state index contributed by atoms with van der Waals surface area (Å²) in [5.74, 6) is -0.727. The third-order valence-electron chi connectivity index (χ3n) is 3.08. The minimum absolute atomic E-state index is 0.0914. The monoisotopic (exact) mass is 267 g/mol. The predicted octanol–water partition coefficient (Wildman–Crippen LogP) is 0.226. The number of fused-ring (bicyclic) bond motifs is 1. The van der Waals surface area contributed by atoms with Crippen LogP contribution in [0.4, 0.5) is 0 Å². The van der Waals surface area contributed by atoms with E-state index in [0.29, 0.717) is 13.1 Å². The molecule has 1 aliphatic rings. The molecule has 0 saturated carbocycles. The fourth-order valence-corrected chi connectivity index (χ4v) is 3.11. The molecule has 2 heterocycles. The van der Waals surface area contributed by atoms with Crippen molar-refractivity contribution in [1.82, 2.24) is 4.90 Å². The van der Waals surface area contributed by atoms with E-state index in [1.54, 1.807) is 16.2 Å². The number of aryl methyl sites for hydroxylation is 1. The fourth-order valence-electron chi connectivity index (χ4n) is 2.17. The summed E-state index contributed by atoms with van der Waals surface area (Å²) in [6, 6.07) is 1.23. The fraction of sp³-hybridized carbons (Fsp3) is 0.500. The molecule has 0 spiro atoms. The van der Waals surface area contributed by atoms with Crippen molar-refractivity contribution in [3.05, 3.63) is 21.9 Å². The molecule has 1 aromatic heterocycles. The van der Waals surface area contributed by atoms with Crippen LogP contribution >= 0.6 is 11.3 Å². The topological polar surface area (TPSA) is 89.4 Å². The molecule has 18 heavy (non-hydrogen) atoms. The minimum Gasteiger partial charge on any atom is -0.370 e. The highest BCUT2D eigenvalue weighted by atomic mass is 32.1. The van der Waals surface area contributed by atoms with E-state index in [-0.39, 0.29) is 12.3 Å². The molecule has 0 fully saturated rings. The van der Waals surface area contributed by atoms with Crippen LogP contribution in [0.1, 0.15) is 23.3 Å². The van der Waals surface area contributed by atoms with E-state index in [2.05, 4.69) is 0 Å². The van der Waals surface area contributed by atoms with Crippen LogP contribution in [0.2, 0.25) is 0 Å². The summed E-state index contributed by atoms with van der Waals surface area (Å²) in [5.41, 5.74) is 12.0. The molecular weight excluding hydrogens is 250 g/mol. The normalized spacial score (nSPS) is 16.8. The number of hydrogen-bond acceptors (Lipinski definition) is 4. The molecule has 1 unspecified atom stereocenters. The van der Waals surface area contributed by atoms with E-state index in [1.165, 1.54) is 10.4 Å². The highest BCUT2D eigenvalue weighted by Gasteiger charge is 2.25. The number of primary amides is 1. The van der Waals surface area contributed by atoms with E-state index in [4.69, 9.17) is 11.5 Å². The Hall–Kier alpha value is -1.40. The predicted molar refractivity (Wildman–Crippen MR) is 69.8 cm³/mol. The Morgan fingerprint density at radius 2 is 2.28 bits per heavy atom. The van der Waals surface area contributed by atoms with Crippen LogP contribution in [0.15, 0.2) is 11.4 Å². The molecule has 1 aromatic rings.